The summed E-state index contributed by atoms with van der Waals surface area (Å²) in [5.74, 6) is 0.649. The van der Waals surface area contributed by atoms with E-state index in [0.29, 0.717) is 67.7 Å². The van der Waals surface area contributed by atoms with E-state index in [1.165, 1.54) is 4.90 Å². The second-order valence-corrected chi connectivity index (χ2v) is 8.18. The van der Waals surface area contributed by atoms with Gasteiger partial charge in [0.1, 0.15) is 18.9 Å². The lowest BCUT2D eigenvalue weighted by molar-refractivity contribution is -0.137. The molecule has 0 fully saturated rings. The highest BCUT2D eigenvalue weighted by Gasteiger charge is 2.39. The highest BCUT2D eigenvalue weighted by molar-refractivity contribution is 6.36. The minimum atomic E-state index is -0.334. The fourth-order valence-corrected chi connectivity index (χ4v) is 3.82. The zero-order valence-electron chi connectivity index (χ0n) is 19.2. The van der Waals surface area contributed by atoms with E-state index in [1.54, 1.807) is 12.1 Å². The number of imide groups is 1. The molecule has 1 N–H and O–H groups in total. The molecular formula is C26H30N2O5. The van der Waals surface area contributed by atoms with Gasteiger partial charge in [0.15, 0.2) is 11.5 Å². The molecular weight excluding hydrogens is 420 g/mol. The first-order valence-electron chi connectivity index (χ1n) is 11.5. The third-order valence-electron chi connectivity index (χ3n) is 5.63. The van der Waals surface area contributed by atoms with Crippen LogP contribution in [-0.4, -0.2) is 49.7 Å². The molecule has 33 heavy (non-hydrogen) atoms. The number of ether oxygens (including phenoxy) is 3. The number of anilines is 1. The smallest absolute Gasteiger partial charge is 0.278 e. The molecule has 0 aliphatic carbocycles. The van der Waals surface area contributed by atoms with E-state index in [1.807, 2.05) is 37.3 Å². The molecule has 7 nitrogen and oxygen atoms in total. The lowest BCUT2D eigenvalue weighted by Gasteiger charge is -2.19. The van der Waals surface area contributed by atoms with Gasteiger partial charge in [-0.15, -0.1) is 0 Å². The Kier molecular flexibility index (Phi) is 7.29. The summed E-state index contributed by atoms with van der Waals surface area (Å²) in [4.78, 5) is 27.9. The molecule has 0 atom stereocenters. The molecule has 0 saturated carbocycles. The molecule has 2 aromatic carbocycles. The number of nitrogens with one attached hydrogen (secondary N) is 1. The van der Waals surface area contributed by atoms with Crippen LogP contribution in [0.1, 0.15) is 37.3 Å². The van der Waals surface area contributed by atoms with Gasteiger partial charge < -0.3 is 19.5 Å². The van der Waals surface area contributed by atoms with E-state index in [9.17, 15) is 9.59 Å². The van der Waals surface area contributed by atoms with Crippen LogP contribution >= 0.6 is 0 Å². The monoisotopic (exact) mass is 450 g/mol. The molecule has 2 aromatic rings. The minimum Gasteiger partial charge on any atom is -0.486 e. The van der Waals surface area contributed by atoms with E-state index in [2.05, 4.69) is 12.2 Å². The summed E-state index contributed by atoms with van der Waals surface area (Å²) in [7, 11) is 0. The number of aryl methyl sites for hydroxylation is 1. The quantitative estimate of drug-likeness (QED) is 0.433. The van der Waals surface area contributed by atoms with Gasteiger partial charge >= 0.3 is 0 Å². The lowest BCUT2D eigenvalue weighted by Crippen LogP contribution is -2.34. The van der Waals surface area contributed by atoms with Gasteiger partial charge in [-0.1, -0.05) is 43.2 Å². The van der Waals surface area contributed by atoms with Crippen molar-refractivity contribution in [1.29, 1.82) is 0 Å². The first-order chi connectivity index (χ1) is 16.1. The molecule has 4 rings (SSSR count). The Morgan fingerprint density at radius 2 is 1.67 bits per heavy atom. The molecule has 0 unspecified atom stereocenters. The number of benzene rings is 2. The number of unbranched alkanes of at least 4 members (excludes halogenated alkanes) is 1. The molecule has 174 valence electrons. The van der Waals surface area contributed by atoms with Crippen LogP contribution in [0.3, 0.4) is 0 Å². The number of nitrogens with zero attached hydrogens (tertiary/aromatic N) is 1. The summed E-state index contributed by atoms with van der Waals surface area (Å²) < 4.78 is 16.8. The molecule has 0 bridgehead atoms. The van der Waals surface area contributed by atoms with Crippen LogP contribution in [0.25, 0.3) is 5.57 Å². The van der Waals surface area contributed by atoms with Gasteiger partial charge in [-0.2, -0.15) is 0 Å². The molecule has 2 aliphatic rings. The van der Waals surface area contributed by atoms with Gasteiger partial charge in [0.25, 0.3) is 11.8 Å². The predicted molar refractivity (Wildman–Crippen MR) is 126 cm³/mol. The van der Waals surface area contributed by atoms with Crippen LogP contribution < -0.4 is 14.8 Å². The van der Waals surface area contributed by atoms with Crippen molar-refractivity contribution in [3.8, 4) is 11.5 Å². The van der Waals surface area contributed by atoms with Crippen LogP contribution in [0.15, 0.2) is 48.2 Å². The van der Waals surface area contributed by atoms with Crippen molar-refractivity contribution < 1.29 is 23.8 Å². The molecule has 0 spiro atoms. The normalized spacial score (nSPS) is 15.4. The van der Waals surface area contributed by atoms with Crippen LogP contribution in [-0.2, 0) is 14.3 Å². The van der Waals surface area contributed by atoms with E-state index in [0.717, 1.165) is 18.4 Å². The second-order valence-electron chi connectivity index (χ2n) is 8.18. The van der Waals surface area contributed by atoms with Crippen LogP contribution in [0, 0.1) is 6.92 Å². The summed E-state index contributed by atoms with van der Waals surface area (Å²) in [5.41, 5.74) is 3.10. The number of carbonyl (C=O) groups is 2. The van der Waals surface area contributed by atoms with Crippen LogP contribution in [0.2, 0.25) is 0 Å². The van der Waals surface area contributed by atoms with Gasteiger partial charge in [0, 0.05) is 31.5 Å². The van der Waals surface area contributed by atoms with Crippen molar-refractivity contribution in [1.82, 2.24) is 4.90 Å². The Balaban J connectivity index is 1.56. The summed E-state index contributed by atoms with van der Waals surface area (Å²) in [5, 5.41) is 3.18. The first kappa shape index (κ1) is 22.9. The van der Waals surface area contributed by atoms with Crippen molar-refractivity contribution in [3.63, 3.8) is 0 Å². The van der Waals surface area contributed by atoms with Crippen molar-refractivity contribution >= 4 is 23.1 Å². The zero-order chi connectivity index (χ0) is 23.2. The maximum atomic E-state index is 13.3. The largest absolute Gasteiger partial charge is 0.486 e. The molecule has 2 amide bonds. The average molecular weight is 451 g/mol. The lowest BCUT2D eigenvalue weighted by atomic mass is 10.0. The van der Waals surface area contributed by atoms with E-state index in [-0.39, 0.29) is 17.5 Å². The Hall–Kier alpha value is -3.32. The maximum absolute atomic E-state index is 13.3. The minimum absolute atomic E-state index is 0.271. The number of amides is 2. The molecule has 0 saturated heterocycles. The Morgan fingerprint density at radius 3 is 2.42 bits per heavy atom. The third-order valence-corrected chi connectivity index (χ3v) is 5.63. The number of hydrogen-bond acceptors (Lipinski definition) is 6. The highest BCUT2D eigenvalue weighted by Crippen LogP contribution is 2.35. The summed E-state index contributed by atoms with van der Waals surface area (Å²) in [6.45, 7) is 6.60. The fraction of sp³-hybridized carbons (Fsp3) is 0.385. The summed E-state index contributed by atoms with van der Waals surface area (Å²) in [6, 6.07) is 13.0. The number of hydrogen-bond donors (Lipinski definition) is 1. The van der Waals surface area contributed by atoms with Gasteiger partial charge in [0.2, 0.25) is 0 Å². The standard InChI is InChI=1S/C26H30N2O5/c1-3-4-13-31-14-5-12-28-25(29)23(19-8-6-18(2)7-9-19)24(26(28)30)27-20-10-11-21-22(17-20)33-16-15-32-21/h6-11,17,27H,3-5,12-16H2,1-2H3. The topological polar surface area (TPSA) is 77.1 Å². The summed E-state index contributed by atoms with van der Waals surface area (Å²) in [6.07, 6.45) is 2.67. The number of carbonyl (C=O) groups excluding carboxylic acids is 2. The SMILES string of the molecule is CCCCOCCCN1C(=O)C(Nc2ccc3c(c2)OCCO3)=C(c2ccc(C)cc2)C1=O. The molecule has 2 heterocycles. The summed E-state index contributed by atoms with van der Waals surface area (Å²) >= 11 is 0. The van der Waals surface area contributed by atoms with Gasteiger partial charge in [-0.3, -0.25) is 14.5 Å². The molecule has 0 radical (unpaired) electrons. The molecule has 7 heteroatoms. The van der Waals surface area contributed by atoms with Gasteiger partial charge in [-0.25, -0.2) is 0 Å². The Morgan fingerprint density at radius 1 is 0.939 bits per heavy atom. The Labute approximate surface area is 194 Å². The average Bonchev–Trinajstić information content (AvgIpc) is 3.06. The van der Waals surface area contributed by atoms with E-state index < -0.39 is 0 Å². The first-order valence-corrected chi connectivity index (χ1v) is 11.5. The van der Waals surface area contributed by atoms with Crippen molar-refractivity contribution in [2.24, 2.45) is 0 Å². The zero-order valence-corrected chi connectivity index (χ0v) is 19.2. The fourth-order valence-electron chi connectivity index (χ4n) is 3.82. The Bertz CT molecular complexity index is 1050. The van der Waals surface area contributed by atoms with Crippen LogP contribution in [0.4, 0.5) is 5.69 Å². The second kappa shape index (κ2) is 10.5. The van der Waals surface area contributed by atoms with E-state index in [4.69, 9.17) is 14.2 Å². The highest BCUT2D eigenvalue weighted by atomic mass is 16.6. The van der Waals surface area contributed by atoms with Gasteiger partial charge in [0.05, 0.1) is 5.57 Å². The van der Waals surface area contributed by atoms with E-state index >= 15 is 0 Å². The number of rotatable bonds is 10. The number of fused-ring (bicyclic) bond motifs is 1. The van der Waals surface area contributed by atoms with Crippen molar-refractivity contribution in [2.75, 3.05) is 38.3 Å². The predicted octanol–water partition coefficient (Wildman–Crippen LogP) is 4.17. The van der Waals surface area contributed by atoms with Crippen LogP contribution in [0.5, 0.6) is 11.5 Å². The van der Waals surface area contributed by atoms with Crippen molar-refractivity contribution in [2.45, 2.75) is 33.1 Å². The molecule has 2 aliphatic heterocycles. The van der Waals surface area contributed by atoms with Gasteiger partial charge in [-0.05, 0) is 37.5 Å². The molecule has 0 aromatic heterocycles. The maximum Gasteiger partial charge on any atom is 0.278 e. The third kappa shape index (κ3) is 5.20. The van der Waals surface area contributed by atoms with Crippen molar-refractivity contribution in [3.05, 3.63) is 59.3 Å².